The largest absolute Gasteiger partial charge is 0.460 e. The van der Waals surface area contributed by atoms with Crippen molar-refractivity contribution in [2.45, 2.75) is 33.3 Å². The van der Waals surface area contributed by atoms with E-state index >= 15 is 0 Å². The van der Waals surface area contributed by atoms with Gasteiger partial charge in [-0.25, -0.2) is 9.59 Å². The lowest BCUT2D eigenvalue weighted by atomic mass is 10.1. The van der Waals surface area contributed by atoms with Crippen molar-refractivity contribution in [3.63, 3.8) is 0 Å². The van der Waals surface area contributed by atoms with E-state index in [4.69, 9.17) is 14.0 Å². The molecule has 0 spiro atoms. The molecule has 0 amide bonds. The Kier molecular flexibility index (Phi) is 4.73. The van der Waals surface area contributed by atoms with Gasteiger partial charge >= 0.3 is 11.9 Å². The number of hydrogen-bond donors (Lipinski definition) is 0. The van der Waals surface area contributed by atoms with Gasteiger partial charge in [0.15, 0.2) is 0 Å². The average molecular weight is 319 g/mol. The number of hydrogen-bond acceptors (Lipinski definition) is 8. The lowest BCUT2D eigenvalue weighted by Crippen LogP contribution is -2.24. The van der Waals surface area contributed by atoms with Crippen LogP contribution in [-0.4, -0.2) is 39.3 Å². The molecule has 0 aliphatic heterocycles. The number of carbonyl (C=O) groups is 2. The van der Waals surface area contributed by atoms with Crippen molar-refractivity contribution in [2.75, 3.05) is 6.61 Å². The molecule has 0 saturated carbocycles. The summed E-state index contributed by atoms with van der Waals surface area (Å²) in [7, 11) is 0. The molecule has 0 bridgehead atoms. The number of aromatic nitrogens is 3. The highest BCUT2D eigenvalue weighted by molar-refractivity contribution is 5.90. The van der Waals surface area contributed by atoms with Gasteiger partial charge in [0.05, 0.1) is 17.7 Å². The minimum absolute atomic E-state index is 0.0611. The smallest absolute Gasteiger partial charge is 0.379 e. The van der Waals surface area contributed by atoms with E-state index in [9.17, 15) is 9.59 Å². The molecule has 0 aromatic carbocycles. The molecule has 2 aromatic rings. The third kappa shape index (κ3) is 4.35. The fraction of sp³-hybridized carbons (Fsp3) is 0.400. The third-order valence-electron chi connectivity index (χ3n) is 2.50. The lowest BCUT2D eigenvalue weighted by molar-refractivity contribution is 0.00688. The van der Waals surface area contributed by atoms with Crippen LogP contribution in [0.15, 0.2) is 23.0 Å². The second-order valence-corrected chi connectivity index (χ2v) is 5.61. The summed E-state index contributed by atoms with van der Waals surface area (Å²) in [6.45, 7) is 7.19. The van der Waals surface area contributed by atoms with Gasteiger partial charge in [-0.2, -0.15) is 4.98 Å². The van der Waals surface area contributed by atoms with Crippen LogP contribution in [0, 0.1) is 0 Å². The van der Waals surface area contributed by atoms with Gasteiger partial charge in [0.1, 0.15) is 5.60 Å². The Morgan fingerprint density at radius 3 is 2.61 bits per heavy atom. The molecule has 0 fully saturated rings. The predicted octanol–water partition coefficient (Wildman–Crippen LogP) is 2.26. The minimum atomic E-state index is -0.682. The second-order valence-electron chi connectivity index (χ2n) is 5.61. The van der Waals surface area contributed by atoms with Crippen LogP contribution in [0.3, 0.4) is 0 Å². The highest BCUT2D eigenvalue weighted by Gasteiger charge is 2.21. The summed E-state index contributed by atoms with van der Waals surface area (Å²) < 4.78 is 15.1. The van der Waals surface area contributed by atoms with E-state index in [1.165, 1.54) is 18.5 Å². The van der Waals surface area contributed by atoms with Gasteiger partial charge in [0.2, 0.25) is 0 Å². The molecule has 0 N–H and O–H groups in total. The number of nitrogens with zero attached hydrogens (tertiary/aromatic N) is 3. The molecule has 0 atom stereocenters. The summed E-state index contributed by atoms with van der Waals surface area (Å²) in [6, 6.07) is 1.50. The summed E-state index contributed by atoms with van der Waals surface area (Å²) in [5, 5.41) is 3.54. The SMILES string of the molecule is CCOC(=O)c1noc(-c2cncc(C(=O)OC(C)(C)C)c2)n1. The van der Waals surface area contributed by atoms with Crippen molar-refractivity contribution < 1.29 is 23.6 Å². The van der Waals surface area contributed by atoms with E-state index in [0.29, 0.717) is 5.56 Å². The van der Waals surface area contributed by atoms with Gasteiger partial charge in [-0.15, -0.1) is 0 Å². The van der Waals surface area contributed by atoms with Gasteiger partial charge in [0, 0.05) is 12.4 Å². The Bertz CT molecular complexity index is 718. The Morgan fingerprint density at radius 1 is 1.22 bits per heavy atom. The van der Waals surface area contributed by atoms with Crippen LogP contribution >= 0.6 is 0 Å². The molecule has 2 aromatic heterocycles. The van der Waals surface area contributed by atoms with Crippen molar-refractivity contribution in [3.8, 4) is 11.5 Å². The number of ether oxygens (including phenoxy) is 2. The molecule has 0 unspecified atom stereocenters. The molecule has 8 heteroatoms. The first-order valence-electron chi connectivity index (χ1n) is 7.00. The second kappa shape index (κ2) is 6.55. The van der Waals surface area contributed by atoms with Gasteiger partial charge < -0.3 is 14.0 Å². The topological polar surface area (TPSA) is 104 Å². The monoisotopic (exact) mass is 319 g/mol. The Balaban J connectivity index is 2.23. The fourth-order valence-corrected chi connectivity index (χ4v) is 1.62. The van der Waals surface area contributed by atoms with E-state index in [1.807, 2.05) is 0 Å². The fourth-order valence-electron chi connectivity index (χ4n) is 1.62. The highest BCUT2D eigenvalue weighted by Crippen LogP contribution is 2.19. The zero-order valence-corrected chi connectivity index (χ0v) is 13.3. The standard InChI is InChI=1S/C15H17N3O5/c1-5-21-14(20)11-17-12(23-18-11)9-6-10(8-16-7-9)13(19)22-15(2,3)4/h6-8H,5H2,1-4H3. The number of pyridine rings is 1. The normalized spacial score (nSPS) is 11.1. The number of esters is 2. The van der Waals surface area contributed by atoms with Crippen LogP contribution in [-0.2, 0) is 9.47 Å². The minimum Gasteiger partial charge on any atom is -0.460 e. The quantitative estimate of drug-likeness (QED) is 0.790. The molecule has 8 nitrogen and oxygen atoms in total. The van der Waals surface area contributed by atoms with Crippen LogP contribution in [0.4, 0.5) is 0 Å². The van der Waals surface area contributed by atoms with Crippen molar-refractivity contribution in [2.24, 2.45) is 0 Å². The molecular formula is C15H17N3O5. The Morgan fingerprint density at radius 2 is 1.96 bits per heavy atom. The summed E-state index contributed by atoms with van der Waals surface area (Å²) in [6.07, 6.45) is 2.82. The maximum atomic E-state index is 12.0. The first kappa shape index (κ1) is 16.6. The summed E-state index contributed by atoms with van der Waals surface area (Å²) in [5.41, 5.74) is 0.0268. The molecule has 0 aliphatic rings. The maximum Gasteiger partial charge on any atom is 0.379 e. The van der Waals surface area contributed by atoms with E-state index in [0.717, 1.165) is 0 Å². The van der Waals surface area contributed by atoms with Crippen LogP contribution in [0.1, 0.15) is 48.7 Å². The van der Waals surface area contributed by atoms with Crippen LogP contribution in [0.25, 0.3) is 11.5 Å². The van der Waals surface area contributed by atoms with Crippen LogP contribution < -0.4 is 0 Å². The molecular weight excluding hydrogens is 302 g/mol. The highest BCUT2D eigenvalue weighted by atomic mass is 16.6. The molecule has 23 heavy (non-hydrogen) atoms. The van der Waals surface area contributed by atoms with Gasteiger partial charge in [0.25, 0.3) is 11.7 Å². The molecule has 0 aliphatic carbocycles. The van der Waals surface area contributed by atoms with E-state index in [-0.39, 0.29) is 23.9 Å². The van der Waals surface area contributed by atoms with Crippen molar-refractivity contribution in [1.82, 2.24) is 15.1 Å². The van der Waals surface area contributed by atoms with E-state index < -0.39 is 17.5 Å². The summed E-state index contributed by atoms with van der Waals surface area (Å²) in [4.78, 5) is 31.5. The zero-order valence-electron chi connectivity index (χ0n) is 13.3. The van der Waals surface area contributed by atoms with Crippen molar-refractivity contribution >= 4 is 11.9 Å². The van der Waals surface area contributed by atoms with Gasteiger partial charge in [-0.1, -0.05) is 0 Å². The van der Waals surface area contributed by atoms with Gasteiger partial charge in [-0.05, 0) is 38.9 Å². The number of carbonyl (C=O) groups excluding carboxylic acids is 2. The summed E-state index contributed by atoms with van der Waals surface area (Å²) >= 11 is 0. The first-order valence-corrected chi connectivity index (χ1v) is 7.00. The molecule has 2 heterocycles. The van der Waals surface area contributed by atoms with E-state index in [2.05, 4.69) is 15.1 Å². The van der Waals surface area contributed by atoms with Crippen molar-refractivity contribution in [1.29, 1.82) is 0 Å². The van der Waals surface area contributed by atoms with Crippen molar-refractivity contribution in [3.05, 3.63) is 29.8 Å². The van der Waals surface area contributed by atoms with E-state index in [1.54, 1.807) is 27.7 Å². The first-order chi connectivity index (χ1) is 10.8. The number of rotatable bonds is 4. The third-order valence-corrected chi connectivity index (χ3v) is 2.50. The predicted molar refractivity (Wildman–Crippen MR) is 78.7 cm³/mol. The average Bonchev–Trinajstić information content (AvgIpc) is 2.96. The Hall–Kier alpha value is -2.77. The van der Waals surface area contributed by atoms with Gasteiger partial charge in [-0.3, -0.25) is 4.98 Å². The molecule has 2 rings (SSSR count). The maximum absolute atomic E-state index is 12.0. The van der Waals surface area contributed by atoms with Crippen LogP contribution in [0.5, 0.6) is 0 Å². The summed E-state index contributed by atoms with van der Waals surface area (Å²) in [5.74, 6) is -1.33. The lowest BCUT2D eigenvalue weighted by Gasteiger charge is -2.19. The molecule has 0 saturated heterocycles. The Labute approximate surface area is 132 Å². The molecule has 122 valence electrons. The van der Waals surface area contributed by atoms with Crippen LogP contribution in [0.2, 0.25) is 0 Å². The zero-order chi connectivity index (χ0) is 17.0. The molecule has 0 radical (unpaired) electrons.